The third-order valence-corrected chi connectivity index (χ3v) is 4.95. The summed E-state index contributed by atoms with van der Waals surface area (Å²) < 4.78 is 10.5. The highest BCUT2D eigenvalue weighted by Crippen LogP contribution is 2.27. The Morgan fingerprint density at radius 2 is 1.83 bits per heavy atom. The third-order valence-electron chi connectivity index (χ3n) is 4.95. The topological polar surface area (TPSA) is 52.0 Å². The molecule has 0 aliphatic carbocycles. The second-order valence-corrected chi connectivity index (χ2v) is 7.14. The summed E-state index contributed by atoms with van der Waals surface area (Å²) in [5.74, 6) is 2.86. The summed E-state index contributed by atoms with van der Waals surface area (Å²) in [5, 5.41) is 3.06. The molecule has 24 heavy (non-hydrogen) atoms. The normalized spacial score (nSPS) is 25.0. The van der Waals surface area contributed by atoms with Crippen LogP contribution in [0.5, 0.6) is 11.5 Å². The van der Waals surface area contributed by atoms with E-state index in [2.05, 4.69) is 19.2 Å². The molecule has 5 nitrogen and oxygen atoms in total. The molecule has 0 unspecified atom stereocenters. The highest BCUT2D eigenvalue weighted by molar-refractivity contribution is 5.79. The van der Waals surface area contributed by atoms with Crippen molar-refractivity contribution in [3.8, 4) is 11.5 Å². The van der Waals surface area contributed by atoms with Crippen molar-refractivity contribution in [3.63, 3.8) is 0 Å². The van der Waals surface area contributed by atoms with Crippen LogP contribution < -0.4 is 19.7 Å². The maximum absolute atomic E-state index is 12.5. The monoisotopic (exact) mass is 335 g/mol. The van der Waals surface area contributed by atoms with Crippen molar-refractivity contribution in [2.75, 3.05) is 27.3 Å². The van der Waals surface area contributed by atoms with Crippen LogP contribution >= 0.6 is 0 Å². The first-order valence-electron chi connectivity index (χ1n) is 8.77. The lowest BCUT2D eigenvalue weighted by Crippen LogP contribution is -3.18. The molecular formula is C19H31N2O3+. The molecule has 0 aromatic heterocycles. The van der Waals surface area contributed by atoms with Crippen molar-refractivity contribution < 1.29 is 19.2 Å². The van der Waals surface area contributed by atoms with Crippen LogP contribution in [0.3, 0.4) is 0 Å². The summed E-state index contributed by atoms with van der Waals surface area (Å²) in [5.41, 5.74) is 1.00. The predicted molar refractivity (Wildman–Crippen MR) is 94.5 cm³/mol. The first-order valence-corrected chi connectivity index (χ1v) is 8.77. The zero-order valence-electron chi connectivity index (χ0n) is 15.5. The van der Waals surface area contributed by atoms with Crippen LogP contribution in [-0.2, 0) is 11.3 Å². The van der Waals surface area contributed by atoms with E-state index in [0.717, 1.165) is 18.7 Å². The van der Waals surface area contributed by atoms with Crippen LogP contribution in [0.4, 0.5) is 0 Å². The zero-order valence-corrected chi connectivity index (χ0v) is 15.5. The Morgan fingerprint density at radius 1 is 1.21 bits per heavy atom. The minimum Gasteiger partial charge on any atom is -0.493 e. The predicted octanol–water partition coefficient (Wildman–Crippen LogP) is 1.27. The molecule has 134 valence electrons. The number of carbonyl (C=O) groups is 1. The summed E-state index contributed by atoms with van der Waals surface area (Å²) in [6.45, 7) is 9.25. The number of piperidine rings is 1. The first-order chi connectivity index (χ1) is 11.4. The minimum atomic E-state index is -0.0182. The smallest absolute Gasteiger partial charge is 0.278 e. The summed E-state index contributed by atoms with van der Waals surface area (Å²) in [7, 11) is 3.23. The Bertz CT molecular complexity index is 552. The fraction of sp³-hybridized carbons (Fsp3) is 0.632. The summed E-state index contributed by atoms with van der Waals surface area (Å²) >= 11 is 0. The summed E-state index contributed by atoms with van der Waals surface area (Å²) in [4.78, 5) is 13.9. The van der Waals surface area contributed by atoms with Crippen molar-refractivity contribution in [1.82, 2.24) is 5.32 Å². The number of amides is 1. The second-order valence-electron chi connectivity index (χ2n) is 7.14. The number of hydrogen-bond donors (Lipinski definition) is 2. The van der Waals surface area contributed by atoms with E-state index in [9.17, 15) is 4.79 Å². The van der Waals surface area contributed by atoms with Crippen molar-refractivity contribution in [2.45, 2.75) is 39.8 Å². The largest absolute Gasteiger partial charge is 0.493 e. The van der Waals surface area contributed by atoms with Gasteiger partial charge in [0.15, 0.2) is 17.5 Å². The van der Waals surface area contributed by atoms with Crippen molar-refractivity contribution in [1.29, 1.82) is 0 Å². The Balaban J connectivity index is 1.92. The third kappa shape index (κ3) is 4.63. The molecule has 3 atom stereocenters. The number of nitrogens with one attached hydrogen (secondary N) is 2. The highest BCUT2D eigenvalue weighted by atomic mass is 16.5. The average Bonchev–Trinajstić information content (AvgIpc) is 2.57. The maximum Gasteiger partial charge on any atom is 0.278 e. The van der Waals surface area contributed by atoms with Gasteiger partial charge in [-0.3, -0.25) is 4.79 Å². The van der Waals surface area contributed by atoms with Crippen LogP contribution in [0.25, 0.3) is 0 Å². The molecule has 1 aromatic rings. The van der Waals surface area contributed by atoms with E-state index >= 15 is 0 Å². The first kappa shape index (κ1) is 18.6. The standard InChI is InChI=1S/C19H30N2O3/c1-13-8-14(2)12-21(11-13)15(3)19(22)20-10-16-6-7-17(23-4)18(9-16)24-5/h6-7,9,13-15H,8,10-12H2,1-5H3,(H,20,22)/p+1/t13-,14-,15-/m0/s1. The molecule has 1 heterocycles. The lowest BCUT2D eigenvalue weighted by Gasteiger charge is -2.35. The molecule has 5 heteroatoms. The van der Waals surface area contributed by atoms with E-state index in [-0.39, 0.29) is 11.9 Å². The number of carbonyl (C=O) groups excluding carboxylic acids is 1. The zero-order chi connectivity index (χ0) is 17.7. The van der Waals surface area contributed by atoms with Gasteiger partial charge in [-0.2, -0.15) is 0 Å². The SMILES string of the molecule is COc1ccc(CNC(=O)[C@H](C)[NH+]2C[C@@H](C)C[C@H](C)C2)cc1OC. The van der Waals surface area contributed by atoms with Gasteiger partial charge in [-0.25, -0.2) is 0 Å². The van der Waals surface area contributed by atoms with E-state index in [1.165, 1.54) is 11.3 Å². The molecule has 0 radical (unpaired) electrons. The van der Waals surface area contributed by atoms with Gasteiger partial charge in [0.1, 0.15) is 0 Å². The van der Waals surface area contributed by atoms with E-state index in [1.807, 2.05) is 25.1 Å². The lowest BCUT2D eigenvalue weighted by molar-refractivity contribution is -0.925. The quantitative estimate of drug-likeness (QED) is 0.823. The fourth-order valence-electron chi connectivity index (χ4n) is 3.70. The van der Waals surface area contributed by atoms with Crippen LogP contribution in [-0.4, -0.2) is 39.3 Å². The van der Waals surface area contributed by atoms with Crippen LogP contribution in [0.15, 0.2) is 18.2 Å². The van der Waals surface area contributed by atoms with Gasteiger partial charge >= 0.3 is 0 Å². The highest BCUT2D eigenvalue weighted by Gasteiger charge is 2.32. The number of quaternary nitrogens is 1. The lowest BCUT2D eigenvalue weighted by atomic mass is 9.91. The Labute approximate surface area is 145 Å². The summed E-state index contributed by atoms with van der Waals surface area (Å²) in [6, 6.07) is 5.70. The molecule has 1 saturated heterocycles. The summed E-state index contributed by atoms with van der Waals surface area (Å²) in [6.07, 6.45) is 1.27. The van der Waals surface area contributed by atoms with E-state index in [4.69, 9.17) is 9.47 Å². The molecule has 0 bridgehead atoms. The van der Waals surface area contributed by atoms with Crippen molar-refractivity contribution in [3.05, 3.63) is 23.8 Å². The molecule has 2 N–H and O–H groups in total. The average molecular weight is 335 g/mol. The number of benzene rings is 1. The van der Waals surface area contributed by atoms with Crippen LogP contribution in [0.1, 0.15) is 32.8 Å². The molecule has 1 aromatic carbocycles. The molecule has 1 amide bonds. The molecule has 0 spiro atoms. The van der Waals surface area contributed by atoms with Gasteiger partial charge in [0.05, 0.1) is 27.3 Å². The molecular weight excluding hydrogens is 304 g/mol. The van der Waals surface area contributed by atoms with Crippen LogP contribution in [0, 0.1) is 11.8 Å². The van der Waals surface area contributed by atoms with Gasteiger partial charge in [0, 0.05) is 18.4 Å². The van der Waals surface area contributed by atoms with Gasteiger partial charge < -0.3 is 19.7 Å². The number of ether oxygens (including phenoxy) is 2. The van der Waals surface area contributed by atoms with Gasteiger partial charge in [-0.15, -0.1) is 0 Å². The van der Waals surface area contributed by atoms with Gasteiger partial charge in [-0.1, -0.05) is 19.9 Å². The maximum atomic E-state index is 12.5. The number of rotatable bonds is 6. The molecule has 2 rings (SSSR count). The fourth-order valence-corrected chi connectivity index (χ4v) is 3.70. The van der Waals surface area contributed by atoms with Gasteiger partial charge in [0.2, 0.25) is 0 Å². The van der Waals surface area contributed by atoms with E-state index in [0.29, 0.717) is 29.9 Å². The van der Waals surface area contributed by atoms with Crippen molar-refractivity contribution >= 4 is 5.91 Å². The number of methoxy groups -OCH3 is 2. The van der Waals surface area contributed by atoms with Gasteiger partial charge in [0.25, 0.3) is 5.91 Å². The van der Waals surface area contributed by atoms with Crippen LogP contribution in [0.2, 0.25) is 0 Å². The second kappa shape index (κ2) is 8.38. The molecule has 0 saturated carbocycles. The van der Waals surface area contributed by atoms with Gasteiger partial charge in [-0.05, 0) is 31.0 Å². The minimum absolute atomic E-state index is 0.0182. The number of hydrogen-bond acceptors (Lipinski definition) is 3. The van der Waals surface area contributed by atoms with Crippen molar-refractivity contribution in [2.24, 2.45) is 11.8 Å². The molecule has 1 aliphatic heterocycles. The Hall–Kier alpha value is -1.75. The molecule has 1 aliphatic rings. The van der Waals surface area contributed by atoms with E-state index in [1.54, 1.807) is 14.2 Å². The Kier molecular flexibility index (Phi) is 6.49. The Morgan fingerprint density at radius 3 is 2.42 bits per heavy atom. The van der Waals surface area contributed by atoms with E-state index < -0.39 is 0 Å². The molecule has 1 fully saturated rings. The number of likely N-dealkylation sites (tertiary alicyclic amines) is 1.